The zero-order valence-electron chi connectivity index (χ0n) is 25.2. The summed E-state index contributed by atoms with van der Waals surface area (Å²) < 4.78 is 5.76. The first-order valence-electron chi connectivity index (χ1n) is 15.5. The fourth-order valence-electron chi connectivity index (χ4n) is 11.3. The van der Waals surface area contributed by atoms with Crippen molar-refractivity contribution in [1.29, 1.82) is 5.26 Å². The Hall–Kier alpha value is -1.77. The molecule has 0 aromatic carbocycles. The Morgan fingerprint density at radius 3 is 2.46 bits per heavy atom. The van der Waals surface area contributed by atoms with Crippen LogP contribution >= 0.6 is 0 Å². The molecule has 4 fully saturated rings. The molecule has 0 aromatic heterocycles. The number of carbonyl (C=O) groups is 2. The van der Waals surface area contributed by atoms with Crippen LogP contribution in [0.3, 0.4) is 0 Å². The smallest absolute Gasteiger partial charge is 0.178 e. The van der Waals surface area contributed by atoms with Gasteiger partial charge in [0.05, 0.1) is 18.9 Å². The average molecular weight is 533 g/mol. The Morgan fingerprint density at radius 1 is 1.05 bits per heavy atom. The average Bonchev–Trinajstić information content (AvgIpc) is 3.39. The van der Waals surface area contributed by atoms with Gasteiger partial charge in [-0.05, 0) is 84.5 Å². The van der Waals surface area contributed by atoms with E-state index in [9.17, 15) is 14.9 Å². The van der Waals surface area contributed by atoms with E-state index in [1.165, 1.54) is 18.4 Å². The van der Waals surface area contributed by atoms with Crippen molar-refractivity contribution in [1.82, 2.24) is 4.90 Å². The van der Waals surface area contributed by atoms with Gasteiger partial charge in [-0.2, -0.15) is 5.26 Å². The third-order valence-corrected chi connectivity index (χ3v) is 13.8. The van der Waals surface area contributed by atoms with Crippen LogP contribution in [-0.4, -0.2) is 42.9 Å². The summed E-state index contributed by atoms with van der Waals surface area (Å²) in [4.78, 5) is 30.4. The van der Waals surface area contributed by atoms with Crippen LogP contribution in [-0.2, 0) is 14.3 Å². The van der Waals surface area contributed by atoms with Crippen LogP contribution in [0.2, 0.25) is 0 Å². The second-order valence-corrected chi connectivity index (χ2v) is 15.6. The molecule has 0 amide bonds. The molecule has 1 heterocycles. The predicted molar refractivity (Wildman–Crippen MR) is 151 cm³/mol. The summed E-state index contributed by atoms with van der Waals surface area (Å²) in [5.74, 6) is 1.85. The molecule has 6 rings (SSSR count). The molecule has 6 aliphatic rings. The summed E-state index contributed by atoms with van der Waals surface area (Å²) in [6, 6.07) is 2.22. The Balaban J connectivity index is 1.49. The van der Waals surface area contributed by atoms with Crippen LogP contribution in [0, 0.1) is 68.0 Å². The highest BCUT2D eigenvalue weighted by Gasteiger charge is 2.70. The molecule has 0 spiro atoms. The normalized spacial score (nSPS) is 49.1. The van der Waals surface area contributed by atoms with Crippen LogP contribution < -0.4 is 0 Å². The molecular formula is C34H48N2O3. The highest BCUT2D eigenvalue weighted by molar-refractivity contribution is 6.04. The molecule has 5 nitrogen and oxygen atoms in total. The van der Waals surface area contributed by atoms with E-state index in [1.54, 1.807) is 0 Å². The summed E-state index contributed by atoms with van der Waals surface area (Å²) in [5, 5.41) is 9.94. The highest BCUT2D eigenvalue weighted by Crippen LogP contribution is 2.74. The summed E-state index contributed by atoms with van der Waals surface area (Å²) in [6.07, 6.45) is 10.6. The van der Waals surface area contributed by atoms with E-state index in [-0.39, 0.29) is 39.4 Å². The molecule has 3 saturated carbocycles. The summed E-state index contributed by atoms with van der Waals surface area (Å²) in [7, 11) is 0. The van der Waals surface area contributed by atoms with E-state index in [0.29, 0.717) is 23.5 Å². The van der Waals surface area contributed by atoms with Crippen LogP contribution in [0.15, 0.2) is 23.3 Å². The van der Waals surface area contributed by atoms with Crippen molar-refractivity contribution >= 4 is 11.6 Å². The molecule has 0 aromatic rings. The molecule has 1 saturated heterocycles. The monoisotopic (exact) mass is 532 g/mol. The Labute approximate surface area is 235 Å². The van der Waals surface area contributed by atoms with E-state index in [1.807, 2.05) is 26.0 Å². The van der Waals surface area contributed by atoms with Gasteiger partial charge in [-0.25, -0.2) is 0 Å². The first-order valence-corrected chi connectivity index (χ1v) is 15.5. The fourth-order valence-corrected chi connectivity index (χ4v) is 11.3. The molecule has 39 heavy (non-hydrogen) atoms. The summed E-state index contributed by atoms with van der Waals surface area (Å²) in [5.41, 5.74) is 0.253. The number of nitrogens with zero attached hydrogens (tertiary/aromatic N) is 2. The van der Waals surface area contributed by atoms with E-state index >= 15 is 0 Å². The van der Waals surface area contributed by atoms with Crippen molar-refractivity contribution < 1.29 is 14.3 Å². The van der Waals surface area contributed by atoms with Crippen LogP contribution in [0.4, 0.5) is 0 Å². The van der Waals surface area contributed by atoms with Gasteiger partial charge in [-0.3, -0.25) is 14.5 Å². The SMILES string of the molecule is C[C@@H]1[C@H]2[C@H]3C(=O)C=C4[C@@]5(C)C=C(C#N)C(=O)C(C)(C)[C@@H]5CC[C@@]4(C)[C@]3(C)CC[C@@]2(CN2CCOC2)CC[C@H]1C. The van der Waals surface area contributed by atoms with Gasteiger partial charge in [-0.15, -0.1) is 0 Å². The fraction of sp³-hybridized carbons (Fsp3) is 0.794. The maximum Gasteiger partial charge on any atom is 0.178 e. The lowest BCUT2D eigenvalue weighted by Crippen LogP contribution is -2.66. The van der Waals surface area contributed by atoms with Crippen molar-refractivity contribution in [3.05, 3.63) is 23.3 Å². The zero-order valence-corrected chi connectivity index (χ0v) is 25.2. The predicted octanol–water partition coefficient (Wildman–Crippen LogP) is 6.35. The number of ether oxygens (including phenoxy) is 1. The number of ketones is 2. The van der Waals surface area contributed by atoms with Gasteiger partial charge < -0.3 is 4.74 Å². The van der Waals surface area contributed by atoms with Crippen LogP contribution in [0.1, 0.15) is 87.0 Å². The maximum atomic E-state index is 14.6. The molecule has 9 atom stereocenters. The van der Waals surface area contributed by atoms with Gasteiger partial charge in [0.25, 0.3) is 0 Å². The largest absolute Gasteiger partial charge is 0.365 e. The summed E-state index contributed by atoms with van der Waals surface area (Å²) in [6.45, 7) is 19.5. The molecule has 0 N–H and O–H groups in total. The maximum absolute atomic E-state index is 14.6. The number of allylic oxidation sites excluding steroid dienone is 4. The van der Waals surface area contributed by atoms with Gasteiger partial charge in [0, 0.05) is 29.8 Å². The van der Waals surface area contributed by atoms with Crippen LogP contribution in [0.25, 0.3) is 0 Å². The van der Waals surface area contributed by atoms with Gasteiger partial charge in [0.1, 0.15) is 6.07 Å². The van der Waals surface area contributed by atoms with E-state index < -0.39 is 10.8 Å². The molecule has 5 heteroatoms. The topological polar surface area (TPSA) is 70.4 Å². The second kappa shape index (κ2) is 8.62. The van der Waals surface area contributed by atoms with Crippen molar-refractivity contribution in [2.45, 2.75) is 87.0 Å². The number of Topliss-reactive ketones (excluding diaryl/α,β-unsaturated/α-hetero) is 1. The lowest BCUT2D eigenvalue weighted by Gasteiger charge is -2.70. The number of hydrogen-bond donors (Lipinski definition) is 0. The van der Waals surface area contributed by atoms with Crippen LogP contribution in [0.5, 0.6) is 0 Å². The van der Waals surface area contributed by atoms with E-state index in [2.05, 4.69) is 45.6 Å². The van der Waals surface area contributed by atoms with Gasteiger partial charge in [0.2, 0.25) is 0 Å². The molecule has 5 aliphatic carbocycles. The van der Waals surface area contributed by atoms with Crippen molar-refractivity contribution in [2.24, 2.45) is 56.7 Å². The van der Waals surface area contributed by atoms with Gasteiger partial charge in [-0.1, -0.05) is 60.1 Å². The molecule has 0 radical (unpaired) electrons. The number of hydrogen-bond acceptors (Lipinski definition) is 5. The lowest BCUT2D eigenvalue weighted by atomic mass is 9.34. The Morgan fingerprint density at radius 2 is 1.79 bits per heavy atom. The minimum Gasteiger partial charge on any atom is -0.365 e. The van der Waals surface area contributed by atoms with Crippen molar-refractivity contribution in [3.63, 3.8) is 0 Å². The second-order valence-electron chi connectivity index (χ2n) is 15.6. The third-order valence-electron chi connectivity index (χ3n) is 13.8. The summed E-state index contributed by atoms with van der Waals surface area (Å²) >= 11 is 0. The van der Waals surface area contributed by atoms with Crippen molar-refractivity contribution in [2.75, 3.05) is 26.4 Å². The number of fused-ring (bicyclic) bond motifs is 7. The van der Waals surface area contributed by atoms with Gasteiger partial charge in [0.15, 0.2) is 11.6 Å². The van der Waals surface area contributed by atoms with E-state index in [4.69, 9.17) is 4.74 Å². The molecule has 0 unspecified atom stereocenters. The highest BCUT2D eigenvalue weighted by atomic mass is 16.5. The number of carbonyl (C=O) groups excluding carboxylic acids is 2. The molecule has 212 valence electrons. The zero-order chi connectivity index (χ0) is 28.2. The first-order chi connectivity index (χ1) is 18.2. The van der Waals surface area contributed by atoms with Crippen molar-refractivity contribution in [3.8, 4) is 6.07 Å². The molecular weight excluding hydrogens is 484 g/mol. The minimum atomic E-state index is -0.621. The minimum absolute atomic E-state index is 0.0130. The number of rotatable bonds is 2. The number of nitriles is 1. The van der Waals surface area contributed by atoms with E-state index in [0.717, 1.165) is 52.1 Å². The van der Waals surface area contributed by atoms with Gasteiger partial charge >= 0.3 is 0 Å². The Bertz CT molecular complexity index is 1200. The first kappa shape index (κ1) is 27.4. The quantitative estimate of drug-likeness (QED) is 0.414. The lowest BCUT2D eigenvalue weighted by molar-refractivity contribution is -0.180. The Kier molecular flexibility index (Phi) is 6.06. The third kappa shape index (κ3) is 3.43. The molecule has 0 bridgehead atoms. The standard InChI is InChI=1S/C34H48N2O3/c1-21-8-11-34(19-36-14-15-39-20-36)13-12-33(7)28(27(34)22(21)2)24(37)16-26-31(5)17-23(18-35)29(38)30(3,4)25(31)9-10-32(26,33)6/h16-17,21-22,25,27-28H,8-15,19-20H2,1-7H3/t21-,22+,25+,27+,28-,31+,32-,33-,34-/m1/s1. The molecule has 1 aliphatic heterocycles.